The number of anilines is 1. The van der Waals surface area contributed by atoms with Crippen molar-refractivity contribution in [1.29, 1.82) is 0 Å². The second kappa shape index (κ2) is 40.1. The number of aromatic hydroxyl groups is 3. The van der Waals surface area contributed by atoms with Crippen LogP contribution in [0.15, 0.2) is 95.9 Å². The van der Waals surface area contributed by atoms with E-state index < -0.39 is 266 Å². The van der Waals surface area contributed by atoms with Crippen LogP contribution in [0.2, 0.25) is 10.0 Å². The number of benzene rings is 5. The standard InChI is InChI=1S/C83H100Cl2N14O27/c1-34(2)21-47(88-6)74(112)96-65-67(107)39-12-15-51(45(84)24-39)122-53-26-41-27-54(71(53)126-81-72(70(110)69(109)55(32-100)124-81)125-60-31-83(5,73(111)36(4)121-60)89-18-20-99-19-17-58(92-82(99)119)91-59(106)22-37-9-7-35(3)8-10-37)123-52-16-13-40(25-46(52)85)68(108)66-79(117)95-64(80(118)98-120-33-57(87)105)44-28-42(101)29-50(103)61(44)43-23-38(11-14-49(43)102)62(76(114)97-66)94-77(115)63(41)93-75(113)48(30-56(86)104)90-78(65)116/h11-17,19,23-29,34-37,47-48,55,60,62-70,72-73,81,88-89,100-103,107-111H,7-10,18,20-22,30-33H2,1-6H3,(H2,86,104)(H2,87,105)(H,90,116)(H,93,113)(H,94,115)(H,95,117)(H,96,112)(H,97,114)(H,98,118)(H,91,92,106,119). The Kier molecular flexibility index (Phi) is 29.8. The Balaban J connectivity index is 1.000. The van der Waals surface area contributed by atoms with Crippen molar-refractivity contribution in [1.82, 2.24) is 57.6 Å². The van der Waals surface area contributed by atoms with Gasteiger partial charge in [0.15, 0.2) is 30.5 Å². The number of fused-ring (bicyclic) bond motifs is 15. The molecule has 1 aromatic heterocycles. The summed E-state index contributed by atoms with van der Waals surface area (Å²) in [6.07, 6.45) is -13.9. The van der Waals surface area contributed by atoms with Gasteiger partial charge in [-0.15, -0.1) is 0 Å². The Bertz CT molecular complexity index is 5200. The summed E-state index contributed by atoms with van der Waals surface area (Å²) in [5, 5.41) is 129. The van der Waals surface area contributed by atoms with E-state index in [2.05, 4.69) is 59.8 Å². The molecule has 5 aromatic carbocycles. The third kappa shape index (κ3) is 21.6. The van der Waals surface area contributed by atoms with E-state index in [0.29, 0.717) is 5.92 Å². The number of phenolic OH excluding ortho intramolecular Hbond substituents is 3. The molecule has 23 N–H and O–H groups in total. The summed E-state index contributed by atoms with van der Waals surface area (Å²) >= 11 is 14.4. The van der Waals surface area contributed by atoms with Gasteiger partial charge in [-0.2, -0.15) is 4.98 Å². The Morgan fingerprint density at radius 2 is 1.34 bits per heavy atom. The molecular formula is C83H100Cl2N14O27. The minimum atomic E-state index is -2.41. The number of phenols is 3. The SMILES string of the molecule is CNC(CC(C)C)C(=O)NC1C(=O)NC(CC(N)=O)C(=O)NC2C(=O)NC3C(=O)NC(C(=O)NC(C(=O)NOCC(N)=O)c4cc(O)cc(O)c4-c4cc3ccc4O)C(O)c3ccc(c(Cl)c3)Oc3cc2cc(c3OC2OC(CO)C(O)C(O)C2OC2CC(C)(NCCn3ccc(NC(=O)CC4CCC(C)CC4)nc3=O)C(O)C(C)O2)Oc2ccc(cc2Cl)C1O. The first kappa shape index (κ1) is 93.7. The molecule has 10 amide bonds. The Morgan fingerprint density at radius 1 is 0.698 bits per heavy atom. The lowest BCUT2D eigenvalue weighted by Crippen LogP contribution is -2.65. The number of aromatic nitrogens is 2. The molecule has 8 aliphatic rings. The van der Waals surface area contributed by atoms with Gasteiger partial charge in [0.2, 0.25) is 65.2 Å². The molecule has 1 aliphatic carbocycles. The highest BCUT2D eigenvalue weighted by Gasteiger charge is 2.52. The quantitative estimate of drug-likeness (QED) is 0.0391. The van der Waals surface area contributed by atoms with E-state index in [0.717, 1.165) is 92.4 Å². The molecule has 7 aliphatic heterocycles. The zero-order valence-corrected chi connectivity index (χ0v) is 70.4. The van der Waals surface area contributed by atoms with Crippen LogP contribution in [0, 0.1) is 17.8 Å². The summed E-state index contributed by atoms with van der Waals surface area (Å²) in [5.74, 6) is -16.6. The van der Waals surface area contributed by atoms with Crippen LogP contribution in [0.25, 0.3) is 11.1 Å². The molecule has 8 heterocycles. The highest BCUT2D eigenvalue weighted by molar-refractivity contribution is 6.32. The third-order valence-electron chi connectivity index (χ3n) is 22.8. The molecule has 2 saturated heterocycles. The molecule has 14 rings (SSSR count). The highest BCUT2D eigenvalue weighted by Crippen LogP contribution is 2.50. The lowest BCUT2D eigenvalue weighted by molar-refractivity contribution is -0.334. The number of hydrogen-bond acceptors (Lipinski definition) is 30. The Labute approximate surface area is 729 Å². The number of hydroxylamine groups is 1. The topological polar surface area (TPSA) is 625 Å². The lowest BCUT2D eigenvalue weighted by Gasteiger charge is -2.48. The van der Waals surface area contributed by atoms with Crippen molar-refractivity contribution in [3.63, 3.8) is 0 Å². The number of ether oxygens (including phenoxy) is 6. The van der Waals surface area contributed by atoms with E-state index in [1.54, 1.807) is 6.92 Å². The third-order valence-corrected chi connectivity index (χ3v) is 23.4. The molecule has 678 valence electrons. The molecule has 126 heavy (non-hydrogen) atoms. The summed E-state index contributed by atoms with van der Waals surface area (Å²) < 4.78 is 40.7. The van der Waals surface area contributed by atoms with Gasteiger partial charge >= 0.3 is 5.69 Å². The molecular weight excluding hydrogens is 1700 g/mol. The van der Waals surface area contributed by atoms with Crippen molar-refractivity contribution in [3.05, 3.63) is 139 Å². The molecule has 18 unspecified atom stereocenters. The van der Waals surface area contributed by atoms with Crippen molar-refractivity contribution in [2.75, 3.05) is 32.1 Å². The number of primary amides is 2. The van der Waals surface area contributed by atoms with E-state index in [-0.39, 0.29) is 72.8 Å². The maximum Gasteiger partial charge on any atom is 0.349 e. The number of carbonyl (C=O) groups is 10. The smallest absolute Gasteiger partial charge is 0.349 e. The molecule has 41 nitrogen and oxygen atoms in total. The van der Waals surface area contributed by atoms with Crippen molar-refractivity contribution >= 4 is 88.1 Å². The largest absolute Gasteiger partial charge is 0.508 e. The molecule has 1 saturated carbocycles. The van der Waals surface area contributed by atoms with Gasteiger partial charge in [0.05, 0.1) is 41.3 Å². The summed E-state index contributed by atoms with van der Waals surface area (Å²) in [6.45, 7) is 6.92. The first-order chi connectivity index (χ1) is 59.8. The van der Waals surface area contributed by atoms with Gasteiger partial charge in [-0.3, -0.25) is 57.4 Å². The number of nitrogens with zero attached hydrogens (tertiary/aromatic N) is 2. The zero-order valence-electron chi connectivity index (χ0n) is 68.9. The number of nitrogens with two attached hydrogens (primary N) is 2. The number of aliphatic hydroxyl groups is 6. The minimum Gasteiger partial charge on any atom is -0.508 e. The Morgan fingerprint density at radius 3 is 1.97 bits per heavy atom. The molecule has 18 atom stereocenters. The number of amides is 10. The molecule has 6 aromatic rings. The number of carbonyl (C=O) groups excluding carboxylic acids is 10. The molecule has 0 radical (unpaired) electrons. The predicted octanol–water partition coefficient (Wildman–Crippen LogP) is 0.597. The molecule has 43 heteroatoms. The lowest BCUT2D eigenvalue weighted by atomic mass is 9.81. The zero-order chi connectivity index (χ0) is 91.2. The monoisotopic (exact) mass is 1790 g/mol. The van der Waals surface area contributed by atoms with Gasteiger partial charge in [0.25, 0.3) is 5.91 Å². The van der Waals surface area contributed by atoms with Crippen LogP contribution < -0.4 is 84.7 Å². The number of rotatable bonds is 23. The van der Waals surface area contributed by atoms with E-state index in [9.17, 15) is 74.7 Å². The van der Waals surface area contributed by atoms with Crippen LogP contribution in [-0.4, -0.2) is 220 Å². The summed E-state index contributed by atoms with van der Waals surface area (Å²) in [7, 11) is 1.46. The number of halogens is 2. The van der Waals surface area contributed by atoms with Gasteiger partial charge in [-0.1, -0.05) is 75.0 Å². The number of likely N-dealkylation sites (N-methyl/N-ethyl adjacent to an activating group) is 1. The fourth-order valence-electron chi connectivity index (χ4n) is 16.0. The second-order valence-electron chi connectivity index (χ2n) is 32.6. The van der Waals surface area contributed by atoms with Crippen LogP contribution in [0.5, 0.6) is 46.0 Å². The normalized spacial score (nSPS) is 27.7. The van der Waals surface area contributed by atoms with Gasteiger partial charge in [-0.25, -0.2) is 10.3 Å². The molecule has 3 fully saturated rings. The van der Waals surface area contributed by atoms with Crippen molar-refractivity contribution in [2.24, 2.45) is 29.2 Å². The summed E-state index contributed by atoms with van der Waals surface area (Å²) in [4.78, 5) is 167. The number of hydrogen-bond donors (Lipinski definition) is 21. The van der Waals surface area contributed by atoms with E-state index in [4.69, 9.17) is 67.9 Å². The van der Waals surface area contributed by atoms with Crippen molar-refractivity contribution in [3.8, 4) is 57.1 Å². The van der Waals surface area contributed by atoms with E-state index >= 15 is 24.0 Å². The van der Waals surface area contributed by atoms with Crippen molar-refractivity contribution < 1.29 is 127 Å². The van der Waals surface area contributed by atoms with Crippen molar-refractivity contribution in [2.45, 2.75) is 202 Å². The van der Waals surface area contributed by atoms with Gasteiger partial charge < -0.3 is 134 Å². The van der Waals surface area contributed by atoms with Gasteiger partial charge in [0, 0.05) is 54.9 Å². The average molecular weight is 1800 g/mol. The highest BCUT2D eigenvalue weighted by atomic mass is 35.5. The summed E-state index contributed by atoms with van der Waals surface area (Å²) in [6, 6.07) is 0.408. The van der Waals surface area contributed by atoms with E-state index in [1.165, 1.54) is 42.9 Å². The average Bonchev–Trinajstić information content (AvgIpc) is 0.763. The maximum atomic E-state index is 16.3. The van der Waals surface area contributed by atoms with Gasteiger partial charge in [0.1, 0.15) is 101 Å². The van der Waals surface area contributed by atoms with Crippen LogP contribution >= 0.6 is 23.2 Å². The predicted molar refractivity (Wildman–Crippen MR) is 442 cm³/mol. The van der Waals surface area contributed by atoms with E-state index in [1.807, 2.05) is 19.3 Å². The van der Waals surface area contributed by atoms with Gasteiger partial charge in [-0.05, 0) is 146 Å². The maximum absolute atomic E-state index is 16.3. The fourth-order valence-corrected chi connectivity index (χ4v) is 16.5. The first-order valence-corrected chi connectivity index (χ1v) is 41.3. The van der Waals surface area contributed by atoms with Crippen LogP contribution in [-0.2, 0) is 73.5 Å². The molecule has 11 bridgehead atoms. The second-order valence-corrected chi connectivity index (χ2v) is 33.4. The van der Waals surface area contributed by atoms with Crippen LogP contribution in [0.3, 0.4) is 0 Å². The number of aliphatic hydroxyl groups excluding tert-OH is 6. The van der Waals surface area contributed by atoms with Crippen LogP contribution in [0.4, 0.5) is 5.82 Å². The molecule has 0 spiro atoms. The number of nitrogens with one attached hydrogen (secondary N) is 10. The van der Waals surface area contributed by atoms with Crippen LogP contribution in [0.1, 0.15) is 144 Å². The fraction of sp³-hybridized carbons (Fsp3) is 0.470. The Hall–Kier alpha value is -11.4. The summed E-state index contributed by atoms with van der Waals surface area (Å²) in [5.41, 5.74) is 7.91. The minimum absolute atomic E-state index is 0.00563. The first-order valence-electron chi connectivity index (χ1n) is 40.5.